The molecule has 0 N–H and O–H groups in total. The van der Waals surface area contributed by atoms with Crippen LogP contribution in [0.1, 0.15) is 15.9 Å². The molecule has 0 saturated carbocycles. The van der Waals surface area contributed by atoms with E-state index in [4.69, 9.17) is 16.9 Å². The van der Waals surface area contributed by atoms with Crippen LogP contribution in [0.3, 0.4) is 0 Å². The number of ketones is 1. The van der Waals surface area contributed by atoms with Gasteiger partial charge in [0.15, 0.2) is 5.78 Å². The van der Waals surface area contributed by atoms with Gasteiger partial charge in [-0.15, -0.1) is 11.6 Å². The van der Waals surface area contributed by atoms with Gasteiger partial charge in [-0.05, 0) is 12.1 Å². The Morgan fingerprint density at radius 1 is 1.00 bits per heavy atom. The van der Waals surface area contributed by atoms with Crippen molar-refractivity contribution in [2.75, 3.05) is 5.88 Å². The number of hydrogen-bond donors (Lipinski definition) is 0. The van der Waals surface area contributed by atoms with Crippen molar-refractivity contribution in [1.82, 2.24) is 0 Å². The van der Waals surface area contributed by atoms with Crippen molar-refractivity contribution in [2.45, 2.75) is 0 Å². The number of Topliss-reactive ketones (excluding diaryl/α,β-unsaturated/α-hetero) is 1. The lowest BCUT2D eigenvalue weighted by atomic mass is 10.2. The van der Waals surface area contributed by atoms with Gasteiger partial charge in [0.25, 0.3) is 0 Å². The molecule has 2 aromatic rings. The van der Waals surface area contributed by atoms with Gasteiger partial charge in [0, 0.05) is 5.56 Å². The van der Waals surface area contributed by atoms with E-state index in [9.17, 15) is 4.79 Å². The summed E-state index contributed by atoms with van der Waals surface area (Å²) in [7, 11) is 0. The van der Waals surface area contributed by atoms with Gasteiger partial charge in [-0.3, -0.25) is 4.79 Å². The Balaban J connectivity index is 0.000000184. The first kappa shape index (κ1) is 14.0. The zero-order valence-corrected chi connectivity index (χ0v) is 10.5. The van der Waals surface area contributed by atoms with Crippen molar-refractivity contribution in [3.8, 4) is 6.07 Å². The van der Waals surface area contributed by atoms with Crippen LogP contribution in [-0.2, 0) is 0 Å². The molecule has 0 aliphatic rings. The van der Waals surface area contributed by atoms with Crippen molar-refractivity contribution in [3.05, 3.63) is 71.8 Å². The lowest BCUT2D eigenvalue weighted by molar-refractivity contribution is 0.102. The predicted octanol–water partition coefficient (Wildman–Crippen LogP) is 3.67. The fraction of sp³-hybridized carbons (Fsp3) is 0.0667. The average molecular weight is 258 g/mol. The molecular weight excluding hydrogens is 246 g/mol. The van der Waals surface area contributed by atoms with Crippen molar-refractivity contribution >= 4 is 17.4 Å². The lowest BCUT2D eigenvalue weighted by Gasteiger charge is -1.92. The van der Waals surface area contributed by atoms with Crippen LogP contribution in [0.2, 0.25) is 0 Å². The number of rotatable bonds is 2. The first-order valence-corrected chi connectivity index (χ1v) is 5.90. The molecule has 0 fully saturated rings. The fourth-order valence-electron chi connectivity index (χ4n) is 1.21. The Morgan fingerprint density at radius 3 is 1.89 bits per heavy atom. The molecule has 3 heteroatoms. The Bertz CT molecular complexity index is 517. The quantitative estimate of drug-likeness (QED) is 0.608. The minimum Gasteiger partial charge on any atom is -0.293 e. The van der Waals surface area contributed by atoms with E-state index in [0.717, 1.165) is 0 Å². The smallest absolute Gasteiger partial charge is 0.177 e. The largest absolute Gasteiger partial charge is 0.293 e. The van der Waals surface area contributed by atoms with Gasteiger partial charge in [-0.2, -0.15) is 5.26 Å². The molecule has 2 rings (SSSR count). The molecule has 0 radical (unpaired) electrons. The first-order chi connectivity index (χ1) is 8.77. The molecule has 0 aliphatic heterocycles. The molecule has 0 heterocycles. The molecule has 0 saturated heterocycles. The number of nitriles is 1. The van der Waals surface area contributed by atoms with Crippen molar-refractivity contribution in [2.24, 2.45) is 0 Å². The summed E-state index contributed by atoms with van der Waals surface area (Å²) in [6.45, 7) is 0. The van der Waals surface area contributed by atoms with E-state index in [2.05, 4.69) is 0 Å². The second-order valence-corrected chi connectivity index (χ2v) is 3.67. The van der Waals surface area contributed by atoms with Crippen LogP contribution in [0.25, 0.3) is 0 Å². The van der Waals surface area contributed by atoms with Crippen LogP contribution in [0.4, 0.5) is 0 Å². The van der Waals surface area contributed by atoms with E-state index in [-0.39, 0.29) is 11.7 Å². The number of nitrogens with zero attached hydrogens (tertiary/aromatic N) is 1. The summed E-state index contributed by atoms with van der Waals surface area (Å²) in [4.78, 5) is 10.9. The first-order valence-electron chi connectivity index (χ1n) is 5.37. The summed E-state index contributed by atoms with van der Waals surface area (Å²) in [6, 6.07) is 20.2. The molecule has 2 aromatic carbocycles. The standard InChI is InChI=1S/C8H7ClO.C7H5N/c9-6-8(10)7-4-2-1-3-5-7;8-6-7-4-2-1-3-5-7/h1-5H,6H2;1-5H. The highest BCUT2D eigenvalue weighted by Gasteiger charge is 1.99. The van der Waals surface area contributed by atoms with Crippen LogP contribution in [0, 0.1) is 11.3 Å². The third-order valence-corrected chi connectivity index (χ3v) is 2.36. The van der Waals surface area contributed by atoms with Crippen LogP contribution < -0.4 is 0 Å². The zero-order chi connectivity index (χ0) is 13.2. The molecule has 2 nitrogen and oxygen atoms in total. The highest BCUT2D eigenvalue weighted by atomic mass is 35.5. The lowest BCUT2D eigenvalue weighted by Crippen LogP contribution is -1.98. The Kier molecular flexibility index (Phi) is 6.24. The maximum absolute atomic E-state index is 10.9. The van der Waals surface area contributed by atoms with E-state index < -0.39 is 0 Å². The molecular formula is C15H12ClNO. The Labute approximate surface area is 111 Å². The summed E-state index contributed by atoms with van der Waals surface area (Å²) >= 11 is 5.34. The maximum Gasteiger partial charge on any atom is 0.177 e. The van der Waals surface area contributed by atoms with Gasteiger partial charge in [0.1, 0.15) is 0 Å². The molecule has 0 spiro atoms. The maximum atomic E-state index is 10.9. The van der Waals surface area contributed by atoms with Gasteiger partial charge < -0.3 is 0 Å². The second kappa shape index (κ2) is 8.05. The van der Waals surface area contributed by atoms with Crippen LogP contribution in [0.15, 0.2) is 60.7 Å². The minimum absolute atomic E-state index is 0.0257. The van der Waals surface area contributed by atoms with Crippen molar-refractivity contribution in [3.63, 3.8) is 0 Å². The SMILES string of the molecule is N#Cc1ccccc1.O=C(CCl)c1ccccc1. The van der Waals surface area contributed by atoms with Gasteiger partial charge in [-0.25, -0.2) is 0 Å². The van der Waals surface area contributed by atoms with Gasteiger partial charge in [-0.1, -0.05) is 48.5 Å². The molecule has 0 aromatic heterocycles. The molecule has 0 atom stereocenters. The van der Waals surface area contributed by atoms with E-state index in [1.165, 1.54) is 0 Å². The summed E-state index contributed by atoms with van der Waals surface area (Å²) < 4.78 is 0. The summed E-state index contributed by atoms with van der Waals surface area (Å²) in [5.41, 5.74) is 1.39. The predicted molar refractivity (Wildman–Crippen MR) is 72.6 cm³/mol. The van der Waals surface area contributed by atoms with Gasteiger partial charge >= 0.3 is 0 Å². The molecule has 0 aliphatic carbocycles. The highest BCUT2D eigenvalue weighted by molar-refractivity contribution is 6.30. The van der Waals surface area contributed by atoms with Crippen LogP contribution in [0.5, 0.6) is 0 Å². The molecule has 18 heavy (non-hydrogen) atoms. The number of carbonyl (C=O) groups is 1. The fourth-order valence-corrected chi connectivity index (χ4v) is 1.37. The third-order valence-electron chi connectivity index (χ3n) is 2.12. The number of halogens is 1. The van der Waals surface area contributed by atoms with E-state index in [0.29, 0.717) is 11.1 Å². The van der Waals surface area contributed by atoms with Gasteiger partial charge in [0.2, 0.25) is 0 Å². The number of hydrogen-bond acceptors (Lipinski definition) is 2. The summed E-state index contributed by atoms with van der Waals surface area (Å²) in [5.74, 6) is 0.0339. The Hall–Kier alpha value is -2.11. The number of carbonyl (C=O) groups excluding carboxylic acids is 1. The topological polar surface area (TPSA) is 40.9 Å². The highest BCUT2D eigenvalue weighted by Crippen LogP contribution is 2.00. The Morgan fingerprint density at radius 2 is 1.50 bits per heavy atom. The van der Waals surface area contributed by atoms with Crippen molar-refractivity contribution in [1.29, 1.82) is 5.26 Å². The monoisotopic (exact) mass is 257 g/mol. The third kappa shape index (κ3) is 4.82. The molecule has 0 amide bonds. The zero-order valence-electron chi connectivity index (χ0n) is 9.71. The second-order valence-electron chi connectivity index (χ2n) is 3.40. The van der Waals surface area contributed by atoms with E-state index >= 15 is 0 Å². The molecule has 0 unspecified atom stereocenters. The summed E-state index contributed by atoms with van der Waals surface area (Å²) in [5, 5.41) is 8.29. The average Bonchev–Trinajstić information content (AvgIpc) is 2.49. The number of benzene rings is 2. The minimum atomic E-state index is -0.0257. The van der Waals surface area contributed by atoms with E-state index in [1.807, 2.05) is 42.5 Å². The normalized spacial score (nSPS) is 8.67. The van der Waals surface area contributed by atoms with E-state index in [1.54, 1.807) is 24.3 Å². The number of alkyl halides is 1. The molecule has 90 valence electrons. The summed E-state index contributed by atoms with van der Waals surface area (Å²) in [6.07, 6.45) is 0. The van der Waals surface area contributed by atoms with Crippen LogP contribution in [-0.4, -0.2) is 11.7 Å². The van der Waals surface area contributed by atoms with Crippen LogP contribution >= 0.6 is 11.6 Å². The van der Waals surface area contributed by atoms with Crippen molar-refractivity contribution < 1.29 is 4.79 Å². The van der Waals surface area contributed by atoms with Gasteiger partial charge in [0.05, 0.1) is 17.5 Å². The molecule has 0 bridgehead atoms.